The lowest BCUT2D eigenvalue weighted by molar-refractivity contribution is 0.0685. The Morgan fingerprint density at radius 2 is 1.71 bits per heavy atom. The third-order valence-electron chi connectivity index (χ3n) is 8.92. The fourth-order valence-electron chi connectivity index (χ4n) is 6.67. The highest BCUT2D eigenvalue weighted by Gasteiger charge is 2.39. The van der Waals surface area contributed by atoms with Crippen molar-refractivity contribution in [1.29, 1.82) is 0 Å². The van der Waals surface area contributed by atoms with Crippen molar-refractivity contribution in [3.05, 3.63) is 94.6 Å². The number of halogens is 4. The largest absolute Gasteiger partial charge is 0.490 e. The van der Waals surface area contributed by atoms with Crippen LogP contribution in [0.25, 0.3) is 0 Å². The summed E-state index contributed by atoms with van der Waals surface area (Å²) in [6.45, 7) is 2.10. The van der Waals surface area contributed by atoms with E-state index < -0.39 is 30.6 Å². The highest BCUT2D eigenvalue weighted by molar-refractivity contribution is 5.46. The summed E-state index contributed by atoms with van der Waals surface area (Å²) in [5.41, 5.74) is 2.58. The predicted molar refractivity (Wildman–Crippen MR) is 150 cm³/mol. The average Bonchev–Trinajstić information content (AvgIpc) is 3.16. The molecular formula is C33H36F4N2O2. The smallest absolute Gasteiger partial charge is 0.251 e. The van der Waals surface area contributed by atoms with E-state index >= 15 is 8.78 Å². The maximum absolute atomic E-state index is 15.7. The van der Waals surface area contributed by atoms with Crippen molar-refractivity contribution in [3.63, 3.8) is 0 Å². The van der Waals surface area contributed by atoms with E-state index in [9.17, 15) is 8.78 Å². The van der Waals surface area contributed by atoms with Gasteiger partial charge in [0.25, 0.3) is 6.43 Å². The molecule has 4 nitrogen and oxygen atoms in total. The van der Waals surface area contributed by atoms with Gasteiger partial charge in [0, 0.05) is 37.3 Å². The zero-order valence-corrected chi connectivity index (χ0v) is 23.1. The number of rotatable bonds is 8. The number of ether oxygens (including phenoxy) is 2. The quantitative estimate of drug-likeness (QED) is 0.295. The van der Waals surface area contributed by atoms with E-state index in [2.05, 4.69) is 5.32 Å². The molecule has 1 spiro atoms. The van der Waals surface area contributed by atoms with Gasteiger partial charge >= 0.3 is 0 Å². The van der Waals surface area contributed by atoms with Crippen molar-refractivity contribution in [2.24, 2.45) is 5.41 Å². The molecule has 0 bridgehead atoms. The predicted octanol–water partition coefficient (Wildman–Crippen LogP) is 7.06. The molecule has 218 valence electrons. The van der Waals surface area contributed by atoms with Gasteiger partial charge < -0.3 is 14.8 Å². The number of hydrogen-bond acceptors (Lipinski definition) is 4. The number of benzene rings is 3. The molecule has 2 fully saturated rings. The topological polar surface area (TPSA) is 33.7 Å². The van der Waals surface area contributed by atoms with Gasteiger partial charge in [-0.1, -0.05) is 36.4 Å². The Labute approximate surface area is 238 Å². The van der Waals surface area contributed by atoms with Gasteiger partial charge in [-0.25, -0.2) is 17.6 Å². The summed E-state index contributed by atoms with van der Waals surface area (Å²) in [7, 11) is 0. The first kappa shape index (κ1) is 28.0. The lowest BCUT2D eigenvalue weighted by Gasteiger charge is -2.42. The van der Waals surface area contributed by atoms with E-state index in [-0.39, 0.29) is 24.0 Å². The van der Waals surface area contributed by atoms with Crippen LogP contribution in [0.3, 0.4) is 0 Å². The van der Waals surface area contributed by atoms with Crippen molar-refractivity contribution >= 4 is 0 Å². The van der Waals surface area contributed by atoms with Crippen molar-refractivity contribution < 1.29 is 27.0 Å². The number of hydrogen-bond donors (Lipinski definition) is 1. The molecule has 1 saturated heterocycles. The van der Waals surface area contributed by atoms with E-state index in [0.717, 1.165) is 56.3 Å². The van der Waals surface area contributed by atoms with E-state index in [1.807, 2.05) is 36.4 Å². The Bertz CT molecular complexity index is 1330. The first-order valence-corrected chi connectivity index (χ1v) is 14.6. The maximum Gasteiger partial charge on any atom is 0.251 e. The standard InChI is InChI=1S/C33H36F4N2O2/c34-28-16-26(41-24-7-4-12-33(13-10-24)20-38-21-33)17-29(35)31(28)32-27-9-8-25(40-19-22-5-2-1-3-6-22)15-23(27)11-14-39(32)18-30(36)37/h1-3,5-6,8-9,15-17,24,30,32,38H,4,7,10-14,18-21H2. The zero-order valence-electron chi connectivity index (χ0n) is 23.1. The number of alkyl halides is 2. The van der Waals surface area contributed by atoms with Crippen LogP contribution in [0.2, 0.25) is 0 Å². The average molecular weight is 569 g/mol. The summed E-state index contributed by atoms with van der Waals surface area (Å²) in [5, 5.41) is 3.36. The fraction of sp³-hybridized carbons (Fsp3) is 0.455. The van der Waals surface area contributed by atoms with Crippen molar-refractivity contribution in [3.8, 4) is 11.5 Å². The second-order valence-corrected chi connectivity index (χ2v) is 11.7. The molecule has 0 radical (unpaired) electrons. The lowest BCUT2D eigenvalue weighted by Crippen LogP contribution is -2.53. The summed E-state index contributed by atoms with van der Waals surface area (Å²) < 4.78 is 70.7. The molecule has 3 aromatic rings. The molecule has 1 aliphatic carbocycles. The van der Waals surface area contributed by atoms with Gasteiger partial charge in [-0.3, -0.25) is 4.90 Å². The van der Waals surface area contributed by atoms with Crippen molar-refractivity contribution in [2.75, 3.05) is 26.2 Å². The Morgan fingerprint density at radius 1 is 0.927 bits per heavy atom. The summed E-state index contributed by atoms with van der Waals surface area (Å²) in [6.07, 6.45) is 2.63. The number of fused-ring (bicyclic) bond motifs is 1. The molecule has 1 N–H and O–H groups in total. The number of nitrogens with zero attached hydrogens (tertiary/aromatic N) is 1. The molecule has 41 heavy (non-hydrogen) atoms. The molecule has 3 aliphatic rings. The summed E-state index contributed by atoms with van der Waals surface area (Å²) in [4.78, 5) is 1.47. The van der Waals surface area contributed by atoms with Gasteiger partial charge in [-0.15, -0.1) is 0 Å². The Kier molecular flexibility index (Phi) is 8.22. The Hall–Kier alpha value is -3.10. The van der Waals surface area contributed by atoms with Gasteiger partial charge in [-0.2, -0.15) is 0 Å². The molecule has 8 heteroatoms. The minimum Gasteiger partial charge on any atom is -0.490 e. The van der Waals surface area contributed by atoms with Crippen LogP contribution in [-0.2, 0) is 13.0 Å². The zero-order chi connectivity index (χ0) is 28.4. The SMILES string of the molecule is Fc1cc(OC2CCCC3(CC2)CNC3)cc(F)c1C1c2ccc(OCc3ccccc3)cc2CCN1CC(F)F. The highest BCUT2D eigenvalue weighted by Crippen LogP contribution is 2.42. The van der Waals surface area contributed by atoms with Gasteiger partial charge in [0.15, 0.2) is 0 Å². The third-order valence-corrected chi connectivity index (χ3v) is 8.92. The molecule has 2 aliphatic heterocycles. The second kappa shape index (κ2) is 12.0. The number of nitrogens with one attached hydrogen (secondary N) is 1. The highest BCUT2D eigenvalue weighted by atomic mass is 19.3. The summed E-state index contributed by atoms with van der Waals surface area (Å²) in [5.74, 6) is -0.789. The molecule has 3 aromatic carbocycles. The monoisotopic (exact) mass is 568 g/mol. The van der Waals surface area contributed by atoms with Crippen LogP contribution in [0.5, 0.6) is 11.5 Å². The van der Waals surface area contributed by atoms with E-state index in [4.69, 9.17) is 9.47 Å². The van der Waals surface area contributed by atoms with Crippen LogP contribution in [-0.4, -0.2) is 43.6 Å². The minimum absolute atomic E-state index is 0.0975. The van der Waals surface area contributed by atoms with Crippen LogP contribution in [0.15, 0.2) is 60.7 Å². The van der Waals surface area contributed by atoms with E-state index in [0.29, 0.717) is 29.8 Å². The summed E-state index contributed by atoms with van der Waals surface area (Å²) >= 11 is 0. The van der Waals surface area contributed by atoms with Gasteiger partial charge in [0.2, 0.25) is 0 Å². The molecule has 2 atom stereocenters. The normalized spacial score (nSPS) is 22.2. The fourth-order valence-corrected chi connectivity index (χ4v) is 6.67. The van der Waals surface area contributed by atoms with Gasteiger partial charge in [0.1, 0.15) is 29.7 Å². The van der Waals surface area contributed by atoms with E-state index in [1.54, 1.807) is 12.1 Å². The molecular weight excluding hydrogens is 532 g/mol. The third kappa shape index (κ3) is 6.24. The molecule has 0 amide bonds. The summed E-state index contributed by atoms with van der Waals surface area (Å²) in [6, 6.07) is 16.5. The maximum atomic E-state index is 15.7. The minimum atomic E-state index is -2.63. The van der Waals surface area contributed by atoms with Crippen molar-refractivity contribution in [2.45, 2.75) is 63.7 Å². The van der Waals surface area contributed by atoms with Crippen molar-refractivity contribution in [1.82, 2.24) is 10.2 Å². The molecule has 2 unspecified atom stereocenters. The molecule has 0 aromatic heterocycles. The molecule has 2 heterocycles. The van der Waals surface area contributed by atoms with Gasteiger partial charge in [-0.05, 0) is 72.8 Å². The van der Waals surface area contributed by atoms with Crippen LogP contribution >= 0.6 is 0 Å². The second-order valence-electron chi connectivity index (χ2n) is 11.7. The first-order chi connectivity index (χ1) is 19.9. The molecule has 6 rings (SSSR count). The lowest BCUT2D eigenvalue weighted by atomic mass is 9.75. The van der Waals surface area contributed by atoms with E-state index in [1.165, 1.54) is 17.0 Å². The van der Waals surface area contributed by atoms with Crippen LogP contribution < -0.4 is 14.8 Å². The molecule has 1 saturated carbocycles. The van der Waals surface area contributed by atoms with Crippen LogP contribution in [0, 0.1) is 17.0 Å². The van der Waals surface area contributed by atoms with Crippen LogP contribution in [0.1, 0.15) is 60.4 Å². The Morgan fingerprint density at radius 3 is 2.41 bits per heavy atom. The Balaban J connectivity index is 1.24. The van der Waals surface area contributed by atoms with Crippen LogP contribution in [0.4, 0.5) is 17.6 Å². The first-order valence-electron chi connectivity index (χ1n) is 14.6. The van der Waals surface area contributed by atoms with Gasteiger partial charge in [0.05, 0.1) is 18.7 Å².